The lowest BCUT2D eigenvalue weighted by molar-refractivity contribution is -0.148. The SMILES string of the molecule is COC(=O)c1nc(C(F)(F)F)n2c1CN(C(=O)C[C@H](N)Cc1cc(F)c(F)cc1F)CC2.O=S(=O)(O)c1cccc2ccccc12. The number of ether oxygens (including phenoxy) is 1. The summed E-state index contributed by atoms with van der Waals surface area (Å²) in [5, 5.41) is 1.33. The number of esters is 1. The highest BCUT2D eigenvalue weighted by Gasteiger charge is 2.42. The Kier molecular flexibility index (Phi) is 10.1. The summed E-state index contributed by atoms with van der Waals surface area (Å²) in [6.07, 6.45) is -5.43. The lowest BCUT2D eigenvalue weighted by Crippen LogP contribution is -2.42. The van der Waals surface area contributed by atoms with Crippen LogP contribution in [-0.2, 0) is 45.3 Å². The Labute approximate surface area is 258 Å². The second kappa shape index (κ2) is 13.5. The number of halogens is 6. The third-order valence-corrected chi connectivity index (χ3v) is 7.94. The summed E-state index contributed by atoms with van der Waals surface area (Å²) in [6.45, 7) is -0.732. The molecular weight excluding hydrogens is 646 g/mol. The van der Waals surface area contributed by atoms with Gasteiger partial charge in [-0.3, -0.25) is 9.35 Å². The number of amides is 1. The number of imidazole rings is 1. The molecule has 1 atom stereocenters. The first-order valence-corrected chi connectivity index (χ1v) is 14.8. The van der Waals surface area contributed by atoms with E-state index in [1.807, 2.05) is 6.07 Å². The average Bonchev–Trinajstić information content (AvgIpc) is 3.39. The largest absolute Gasteiger partial charge is 0.464 e. The van der Waals surface area contributed by atoms with E-state index in [9.17, 15) is 44.3 Å². The first-order valence-electron chi connectivity index (χ1n) is 13.4. The van der Waals surface area contributed by atoms with Gasteiger partial charge in [0.1, 0.15) is 10.7 Å². The Morgan fingerprint density at radius 2 is 1.67 bits per heavy atom. The maximum absolute atomic E-state index is 13.8. The highest BCUT2D eigenvalue weighted by Crippen LogP contribution is 2.33. The summed E-state index contributed by atoms with van der Waals surface area (Å²) in [4.78, 5) is 29.0. The number of benzene rings is 3. The first-order chi connectivity index (χ1) is 21.5. The van der Waals surface area contributed by atoms with Gasteiger partial charge >= 0.3 is 12.1 Å². The molecule has 4 aromatic rings. The summed E-state index contributed by atoms with van der Waals surface area (Å²) >= 11 is 0. The van der Waals surface area contributed by atoms with Crippen molar-refractivity contribution in [2.75, 3.05) is 13.7 Å². The lowest BCUT2D eigenvalue weighted by Gasteiger charge is -2.30. The van der Waals surface area contributed by atoms with Crippen LogP contribution in [-0.4, -0.2) is 59.0 Å². The van der Waals surface area contributed by atoms with E-state index in [1.54, 1.807) is 30.3 Å². The van der Waals surface area contributed by atoms with Crippen LogP contribution in [0.5, 0.6) is 0 Å². The molecule has 1 aromatic heterocycles. The van der Waals surface area contributed by atoms with Crippen molar-refractivity contribution >= 4 is 32.8 Å². The number of carbonyl (C=O) groups excluding carboxylic acids is 2. The van der Waals surface area contributed by atoms with Gasteiger partial charge in [-0.05, 0) is 29.5 Å². The van der Waals surface area contributed by atoms with Gasteiger partial charge in [-0.15, -0.1) is 0 Å². The fraction of sp³-hybridized carbons (Fsp3) is 0.276. The van der Waals surface area contributed by atoms with E-state index < -0.39 is 63.2 Å². The van der Waals surface area contributed by atoms with Gasteiger partial charge < -0.3 is 19.9 Å². The maximum atomic E-state index is 13.8. The zero-order valence-corrected chi connectivity index (χ0v) is 24.7. The van der Waals surface area contributed by atoms with Crippen molar-refractivity contribution in [2.24, 2.45) is 5.73 Å². The summed E-state index contributed by atoms with van der Waals surface area (Å²) < 4.78 is 116. The van der Waals surface area contributed by atoms with Crippen LogP contribution in [0.2, 0.25) is 0 Å². The number of alkyl halides is 3. The molecule has 0 radical (unpaired) electrons. The molecule has 46 heavy (non-hydrogen) atoms. The number of nitrogens with two attached hydrogens (primary N) is 1. The standard InChI is InChI=1S/C19H18F6N4O3.C10H8O3S/c1-32-17(31)16-14-8-28(2-3-29(14)18(27-16)19(23,24)25)15(30)6-10(26)4-9-5-12(21)13(22)7-11(9)20;11-14(12,13)10-7-3-5-8-4-1-2-6-9(8)10/h5,7,10H,2-4,6,8,26H2,1H3;1-7H,(H,11,12,13)/t10-;/m1./s1. The Morgan fingerprint density at radius 3 is 2.33 bits per heavy atom. The molecule has 246 valence electrons. The predicted molar refractivity (Wildman–Crippen MR) is 150 cm³/mol. The van der Waals surface area contributed by atoms with Crippen LogP contribution in [0.3, 0.4) is 0 Å². The second-order valence-electron chi connectivity index (χ2n) is 10.2. The van der Waals surface area contributed by atoms with Crippen LogP contribution in [0.4, 0.5) is 26.3 Å². The van der Waals surface area contributed by atoms with E-state index in [4.69, 9.17) is 10.3 Å². The number of aromatic nitrogens is 2. The molecule has 1 aliphatic heterocycles. The van der Waals surface area contributed by atoms with Crippen LogP contribution >= 0.6 is 0 Å². The molecule has 3 N–H and O–H groups in total. The minimum atomic E-state index is -4.82. The predicted octanol–water partition coefficient (Wildman–Crippen LogP) is 4.49. The highest BCUT2D eigenvalue weighted by atomic mass is 32.2. The Balaban J connectivity index is 0.000000284. The van der Waals surface area contributed by atoms with E-state index in [-0.39, 0.29) is 48.6 Å². The van der Waals surface area contributed by atoms with Crippen molar-refractivity contribution in [3.8, 4) is 0 Å². The van der Waals surface area contributed by atoms with E-state index in [0.29, 0.717) is 17.5 Å². The van der Waals surface area contributed by atoms with Gasteiger partial charge in [0.25, 0.3) is 10.1 Å². The fourth-order valence-electron chi connectivity index (χ4n) is 4.91. The highest BCUT2D eigenvalue weighted by molar-refractivity contribution is 7.86. The number of rotatable bonds is 6. The average molecular weight is 673 g/mol. The zero-order valence-electron chi connectivity index (χ0n) is 23.9. The molecule has 1 amide bonds. The molecule has 0 fully saturated rings. The molecule has 10 nitrogen and oxygen atoms in total. The molecule has 1 aliphatic rings. The van der Waals surface area contributed by atoms with Crippen molar-refractivity contribution in [1.29, 1.82) is 0 Å². The molecule has 17 heteroatoms. The molecular formula is C29H26F6N4O6S. The van der Waals surface area contributed by atoms with Crippen LogP contribution < -0.4 is 5.73 Å². The van der Waals surface area contributed by atoms with Gasteiger partial charge in [0.15, 0.2) is 17.3 Å². The van der Waals surface area contributed by atoms with Crippen LogP contribution in [0, 0.1) is 17.5 Å². The molecule has 5 rings (SSSR count). The van der Waals surface area contributed by atoms with E-state index in [2.05, 4.69) is 9.72 Å². The van der Waals surface area contributed by atoms with Crippen LogP contribution in [0.15, 0.2) is 59.5 Å². The molecule has 0 saturated carbocycles. The molecule has 0 unspecified atom stereocenters. The van der Waals surface area contributed by atoms with Crippen molar-refractivity contribution in [3.63, 3.8) is 0 Å². The summed E-state index contributed by atoms with van der Waals surface area (Å²) in [5.41, 5.74) is 4.95. The zero-order chi connectivity index (χ0) is 34.0. The third kappa shape index (κ3) is 7.66. The number of hydrogen-bond acceptors (Lipinski definition) is 7. The van der Waals surface area contributed by atoms with Crippen LogP contribution in [0.25, 0.3) is 10.8 Å². The lowest BCUT2D eigenvalue weighted by atomic mass is 10.0. The normalized spacial score (nSPS) is 13.9. The second-order valence-corrected chi connectivity index (χ2v) is 11.6. The topological polar surface area (TPSA) is 145 Å². The number of fused-ring (bicyclic) bond motifs is 2. The molecule has 0 saturated heterocycles. The Morgan fingerprint density at radius 1 is 1.02 bits per heavy atom. The van der Waals surface area contributed by atoms with Crippen molar-refractivity contribution in [1.82, 2.24) is 14.5 Å². The van der Waals surface area contributed by atoms with E-state index in [0.717, 1.165) is 17.1 Å². The monoisotopic (exact) mass is 672 g/mol. The third-order valence-electron chi connectivity index (χ3n) is 7.03. The van der Waals surface area contributed by atoms with Crippen molar-refractivity contribution in [3.05, 3.63) is 94.8 Å². The minimum absolute atomic E-state index is 0.0457. The summed E-state index contributed by atoms with van der Waals surface area (Å²) in [6, 6.07) is 11.8. The van der Waals surface area contributed by atoms with Gasteiger partial charge in [0.2, 0.25) is 11.7 Å². The molecule has 0 aliphatic carbocycles. The molecule has 2 heterocycles. The van der Waals surface area contributed by atoms with Crippen molar-refractivity contribution in [2.45, 2.75) is 43.0 Å². The summed E-state index contributed by atoms with van der Waals surface area (Å²) in [7, 11) is -3.14. The Hall–Kier alpha value is -4.48. The quantitative estimate of drug-likeness (QED) is 0.132. The number of methoxy groups -OCH3 is 1. The van der Waals surface area contributed by atoms with Gasteiger partial charge in [-0.1, -0.05) is 36.4 Å². The Bertz CT molecular complexity index is 1890. The van der Waals surface area contributed by atoms with Gasteiger partial charge in [-0.2, -0.15) is 21.6 Å². The van der Waals surface area contributed by atoms with Gasteiger partial charge in [0.05, 0.1) is 19.3 Å². The molecule has 3 aromatic carbocycles. The van der Waals surface area contributed by atoms with Crippen LogP contribution in [0.1, 0.15) is 34.0 Å². The number of hydrogen-bond donors (Lipinski definition) is 2. The van der Waals surface area contributed by atoms with E-state index >= 15 is 0 Å². The molecule has 0 spiro atoms. The summed E-state index contributed by atoms with van der Waals surface area (Å²) in [5.74, 6) is -6.57. The van der Waals surface area contributed by atoms with Crippen molar-refractivity contribution < 1.29 is 53.6 Å². The number of carbonyl (C=O) groups is 2. The minimum Gasteiger partial charge on any atom is -0.464 e. The number of nitrogens with zero attached hydrogens (tertiary/aromatic N) is 3. The van der Waals surface area contributed by atoms with Gasteiger partial charge in [-0.25, -0.2) is 22.9 Å². The van der Waals surface area contributed by atoms with Gasteiger partial charge in [0, 0.05) is 37.0 Å². The fourth-order valence-corrected chi connectivity index (χ4v) is 5.62. The molecule has 0 bridgehead atoms. The first kappa shape index (κ1) is 34.4. The van der Waals surface area contributed by atoms with E-state index in [1.165, 1.54) is 11.0 Å². The smallest absolute Gasteiger partial charge is 0.449 e. The maximum Gasteiger partial charge on any atom is 0.449 e.